The van der Waals surface area contributed by atoms with Crippen molar-refractivity contribution in [2.75, 3.05) is 31.5 Å². The van der Waals surface area contributed by atoms with Crippen molar-refractivity contribution in [1.82, 2.24) is 14.8 Å². The summed E-state index contributed by atoms with van der Waals surface area (Å²) in [6.07, 6.45) is 11.3. The van der Waals surface area contributed by atoms with Crippen LogP contribution in [-0.2, 0) is 0 Å². The fourth-order valence-corrected chi connectivity index (χ4v) is 5.25. The molecule has 0 spiro atoms. The van der Waals surface area contributed by atoms with Gasteiger partial charge in [-0.15, -0.1) is 0 Å². The Hall–Kier alpha value is -1.37. The number of amides is 1. The van der Waals surface area contributed by atoms with Crippen molar-refractivity contribution in [2.24, 2.45) is 0 Å². The second kappa shape index (κ2) is 9.63. The molecule has 3 aliphatic rings. The van der Waals surface area contributed by atoms with Gasteiger partial charge in [-0.05, 0) is 51.0 Å². The van der Waals surface area contributed by atoms with Gasteiger partial charge in [-0.1, -0.05) is 24.4 Å². The number of rotatable bonds is 4. The molecule has 3 heterocycles. The Morgan fingerprint density at radius 1 is 1.03 bits per heavy atom. The van der Waals surface area contributed by atoms with Crippen LogP contribution in [0.4, 0.5) is 5.82 Å². The summed E-state index contributed by atoms with van der Waals surface area (Å²) in [6, 6.07) is 2.40. The van der Waals surface area contributed by atoms with Gasteiger partial charge in [0.2, 0.25) is 0 Å². The van der Waals surface area contributed by atoms with Gasteiger partial charge in [0, 0.05) is 44.5 Å². The van der Waals surface area contributed by atoms with E-state index in [2.05, 4.69) is 15.2 Å². The van der Waals surface area contributed by atoms with Gasteiger partial charge in [-0.3, -0.25) is 9.69 Å². The lowest BCUT2D eigenvalue weighted by Gasteiger charge is -2.41. The van der Waals surface area contributed by atoms with Crippen molar-refractivity contribution in [1.29, 1.82) is 0 Å². The van der Waals surface area contributed by atoms with Gasteiger partial charge in [-0.2, -0.15) is 0 Å². The number of piperidine rings is 2. The summed E-state index contributed by atoms with van der Waals surface area (Å²) in [5.41, 5.74) is 0.573. The molecule has 1 aromatic rings. The van der Waals surface area contributed by atoms with Gasteiger partial charge in [0.15, 0.2) is 0 Å². The Morgan fingerprint density at radius 2 is 1.76 bits per heavy atom. The first kappa shape index (κ1) is 20.9. The number of pyridine rings is 1. The van der Waals surface area contributed by atoms with Gasteiger partial charge in [-0.25, -0.2) is 4.98 Å². The monoisotopic (exact) mass is 420 g/mol. The van der Waals surface area contributed by atoms with Gasteiger partial charge >= 0.3 is 0 Å². The molecule has 160 valence electrons. The predicted molar refractivity (Wildman–Crippen MR) is 115 cm³/mol. The Labute approximate surface area is 178 Å². The molecule has 0 aromatic carbocycles. The van der Waals surface area contributed by atoms with E-state index in [4.69, 9.17) is 11.6 Å². The molecule has 1 saturated carbocycles. The molecule has 4 rings (SSSR count). The summed E-state index contributed by atoms with van der Waals surface area (Å²) in [5.74, 6) is 0.697. The average Bonchev–Trinajstić information content (AvgIpc) is 2.76. The summed E-state index contributed by atoms with van der Waals surface area (Å²) in [5, 5.41) is 14.3. The maximum atomic E-state index is 12.6. The number of hydrogen-bond donors (Lipinski definition) is 2. The third-order valence-corrected chi connectivity index (χ3v) is 7.05. The van der Waals surface area contributed by atoms with Crippen molar-refractivity contribution in [3.8, 4) is 0 Å². The molecule has 2 saturated heterocycles. The molecule has 3 fully saturated rings. The van der Waals surface area contributed by atoms with Crippen LogP contribution in [-0.4, -0.2) is 70.2 Å². The predicted octanol–water partition coefficient (Wildman–Crippen LogP) is 3.54. The van der Waals surface area contributed by atoms with Crippen LogP contribution in [0.15, 0.2) is 12.3 Å². The number of likely N-dealkylation sites (tertiary alicyclic amines) is 2. The van der Waals surface area contributed by atoms with E-state index in [1.165, 1.54) is 12.8 Å². The number of anilines is 1. The van der Waals surface area contributed by atoms with E-state index in [1.807, 2.05) is 4.90 Å². The van der Waals surface area contributed by atoms with E-state index in [1.54, 1.807) is 12.3 Å². The minimum Gasteiger partial charge on any atom is -0.391 e. The van der Waals surface area contributed by atoms with Crippen LogP contribution in [0.3, 0.4) is 0 Å². The lowest BCUT2D eigenvalue weighted by Crippen LogP contribution is -2.50. The molecule has 29 heavy (non-hydrogen) atoms. The van der Waals surface area contributed by atoms with Gasteiger partial charge in [0.25, 0.3) is 5.91 Å². The number of aromatic nitrogens is 1. The second-order valence-corrected chi connectivity index (χ2v) is 9.19. The summed E-state index contributed by atoms with van der Waals surface area (Å²) in [4.78, 5) is 21.5. The van der Waals surface area contributed by atoms with Crippen LogP contribution >= 0.6 is 11.6 Å². The number of aliphatic hydroxyl groups excluding tert-OH is 1. The number of carbonyl (C=O) groups excluding carboxylic acids is 1. The number of nitrogens with one attached hydrogen (secondary N) is 1. The standard InChI is InChI=1S/C22H33ClN4O2/c23-18-14-16(22(29)27-10-4-1-5-11-27)15-24-21(18)25-17-8-12-26(13-9-17)19-6-2-3-7-20(19)28/h14-15,17,19-20,28H,1-13H2,(H,24,25). The van der Waals surface area contributed by atoms with Crippen LogP contribution in [0.25, 0.3) is 0 Å². The molecular weight excluding hydrogens is 388 g/mol. The zero-order valence-corrected chi connectivity index (χ0v) is 17.9. The van der Waals surface area contributed by atoms with Crippen molar-refractivity contribution in [2.45, 2.75) is 76.0 Å². The van der Waals surface area contributed by atoms with Crippen LogP contribution in [0.2, 0.25) is 5.02 Å². The molecule has 0 radical (unpaired) electrons. The summed E-state index contributed by atoms with van der Waals surface area (Å²) >= 11 is 6.46. The van der Waals surface area contributed by atoms with Crippen molar-refractivity contribution < 1.29 is 9.90 Å². The molecule has 2 aliphatic heterocycles. The molecule has 0 bridgehead atoms. The fraction of sp³-hybridized carbons (Fsp3) is 0.727. The summed E-state index contributed by atoms with van der Waals surface area (Å²) < 4.78 is 0. The SMILES string of the molecule is O=C(c1cnc(NC2CCN(C3CCCCC3O)CC2)c(Cl)c1)N1CCCCC1. The lowest BCUT2D eigenvalue weighted by atomic mass is 9.89. The third kappa shape index (κ3) is 5.04. The highest BCUT2D eigenvalue weighted by Crippen LogP contribution is 2.28. The van der Waals surface area contributed by atoms with Crippen LogP contribution in [0, 0.1) is 0 Å². The maximum Gasteiger partial charge on any atom is 0.255 e. The third-order valence-electron chi connectivity index (χ3n) is 6.76. The van der Waals surface area contributed by atoms with E-state index < -0.39 is 0 Å². The Morgan fingerprint density at radius 3 is 2.45 bits per heavy atom. The van der Waals surface area contributed by atoms with E-state index in [-0.39, 0.29) is 12.0 Å². The highest BCUT2D eigenvalue weighted by molar-refractivity contribution is 6.33. The summed E-state index contributed by atoms with van der Waals surface area (Å²) in [7, 11) is 0. The highest BCUT2D eigenvalue weighted by Gasteiger charge is 2.31. The van der Waals surface area contributed by atoms with Gasteiger partial charge in [0.05, 0.1) is 16.7 Å². The lowest BCUT2D eigenvalue weighted by molar-refractivity contribution is 0.00992. The Kier molecular flexibility index (Phi) is 6.93. The molecular formula is C22H33ClN4O2. The van der Waals surface area contributed by atoms with Gasteiger partial charge in [0.1, 0.15) is 5.82 Å². The maximum absolute atomic E-state index is 12.6. The van der Waals surface area contributed by atoms with Crippen LogP contribution < -0.4 is 5.32 Å². The fourth-order valence-electron chi connectivity index (χ4n) is 5.03. The second-order valence-electron chi connectivity index (χ2n) is 8.78. The number of nitrogens with zero attached hydrogens (tertiary/aromatic N) is 3. The van der Waals surface area contributed by atoms with Crippen molar-refractivity contribution >= 4 is 23.3 Å². The molecule has 7 heteroatoms. The molecule has 2 N–H and O–H groups in total. The first-order chi connectivity index (χ1) is 14.1. The normalized spacial score (nSPS) is 27.0. The zero-order chi connectivity index (χ0) is 20.2. The minimum atomic E-state index is -0.172. The molecule has 6 nitrogen and oxygen atoms in total. The first-order valence-corrected chi connectivity index (χ1v) is 11.6. The molecule has 1 aromatic heterocycles. The number of hydrogen-bond acceptors (Lipinski definition) is 5. The quantitative estimate of drug-likeness (QED) is 0.779. The summed E-state index contributed by atoms with van der Waals surface area (Å²) in [6.45, 7) is 3.63. The molecule has 2 unspecified atom stereocenters. The first-order valence-electron chi connectivity index (χ1n) is 11.3. The smallest absolute Gasteiger partial charge is 0.255 e. The largest absolute Gasteiger partial charge is 0.391 e. The molecule has 1 amide bonds. The molecule has 2 atom stereocenters. The van der Waals surface area contributed by atoms with E-state index in [0.717, 1.165) is 71.1 Å². The Balaban J connectivity index is 1.31. The number of carbonyl (C=O) groups is 1. The van der Waals surface area contributed by atoms with Crippen molar-refractivity contribution in [3.63, 3.8) is 0 Å². The topological polar surface area (TPSA) is 68.7 Å². The van der Waals surface area contributed by atoms with E-state index in [9.17, 15) is 9.90 Å². The minimum absolute atomic E-state index is 0.0324. The number of aliphatic hydroxyl groups is 1. The highest BCUT2D eigenvalue weighted by atomic mass is 35.5. The van der Waals surface area contributed by atoms with E-state index in [0.29, 0.717) is 28.5 Å². The van der Waals surface area contributed by atoms with Crippen LogP contribution in [0.1, 0.15) is 68.1 Å². The number of halogens is 1. The Bertz CT molecular complexity index is 702. The van der Waals surface area contributed by atoms with E-state index >= 15 is 0 Å². The van der Waals surface area contributed by atoms with Gasteiger partial charge < -0.3 is 15.3 Å². The average molecular weight is 421 g/mol. The van der Waals surface area contributed by atoms with Crippen LogP contribution in [0.5, 0.6) is 0 Å². The van der Waals surface area contributed by atoms with Crippen molar-refractivity contribution in [3.05, 3.63) is 22.8 Å². The zero-order valence-electron chi connectivity index (χ0n) is 17.2. The molecule has 1 aliphatic carbocycles.